The Bertz CT molecular complexity index is 496. The van der Waals surface area contributed by atoms with Crippen LogP contribution in [0.3, 0.4) is 0 Å². The zero-order chi connectivity index (χ0) is 14.7. The summed E-state index contributed by atoms with van der Waals surface area (Å²) in [5.41, 5.74) is -0.0610. The maximum Gasteiger partial charge on any atom is 0.194 e. The molecule has 1 heterocycles. The van der Waals surface area contributed by atoms with E-state index in [0.717, 1.165) is 18.6 Å². The lowest BCUT2D eigenvalue weighted by Crippen LogP contribution is -2.46. The van der Waals surface area contributed by atoms with Crippen LogP contribution in [0.2, 0.25) is 0 Å². The van der Waals surface area contributed by atoms with Crippen LogP contribution in [-0.2, 0) is 9.47 Å². The van der Waals surface area contributed by atoms with Crippen LogP contribution >= 0.6 is 0 Å². The minimum absolute atomic E-state index is 0.0499. The Kier molecular flexibility index (Phi) is 4.27. The van der Waals surface area contributed by atoms with Gasteiger partial charge in [-0.05, 0) is 31.9 Å². The van der Waals surface area contributed by atoms with Crippen LogP contribution in [0.25, 0.3) is 0 Å². The zero-order valence-corrected chi connectivity index (χ0v) is 12.5. The van der Waals surface area contributed by atoms with Crippen LogP contribution in [0.1, 0.15) is 43.0 Å². The summed E-state index contributed by atoms with van der Waals surface area (Å²) in [5.74, 6) is 0.830. The molecule has 1 saturated carbocycles. The van der Waals surface area contributed by atoms with Gasteiger partial charge in [-0.15, -0.1) is 0 Å². The highest BCUT2D eigenvalue weighted by Gasteiger charge is 2.41. The predicted octanol–water partition coefficient (Wildman–Crippen LogP) is 3.00. The van der Waals surface area contributed by atoms with Gasteiger partial charge in [0, 0.05) is 38.2 Å². The monoisotopic (exact) mass is 290 g/mol. The Balaban J connectivity index is 1.81. The second-order valence-electron chi connectivity index (χ2n) is 5.71. The Labute approximate surface area is 125 Å². The average Bonchev–Trinajstić information content (AvgIpc) is 3.32. The highest BCUT2D eigenvalue weighted by atomic mass is 16.5. The molecule has 1 aliphatic heterocycles. The van der Waals surface area contributed by atoms with Gasteiger partial charge in [-0.3, -0.25) is 4.79 Å². The molecule has 0 atom stereocenters. The molecule has 0 radical (unpaired) electrons. The van der Waals surface area contributed by atoms with Crippen molar-refractivity contribution >= 4 is 5.78 Å². The minimum Gasteiger partial charge on any atom is -0.490 e. The van der Waals surface area contributed by atoms with Crippen LogP contribution in [0.15, 0.2) is 24.3 Å². The van der Waals surface area contributed by atoms with E-state index in [4.69, 9.17) is 14.2 Å². The molecule has 2 aliphatic rings. The van der Waals surface area contributed by atoms with E-state index < -0.39 is 5.60 Å². The van der Waals surface area contributed by atoms with E-state index in [-0.39, 0.29) is 5.78 Å². The molecular formula is C17H22O4. The zero-order valence-electron chi connectivity index (χ0n) is 12.5. The molecular weight excluding hydrogens is 268 g/mol. The first-order valence-corrected chi connectivity index (χ1v) is 7.77. The number of hydrogen-bond acceptors (Lipinski definition) is 4. The van der Waals surface area contributed by atoms with Crippen molar-refractivity contribution in [3.8, 4) is 5.75 Å². The molecule has 3 rings (SSSR count). The molecule has 114 valence electrons. The van der Waals surface area contributed by atoms with Gasteiger partial charge in [-0.25, -0.2) is 0 Å². The third-order valence-electron chi connectivity index (χ3n) is 4.06. The molecule has 4 heteroatoms. The Hall–Kier alpha value is -1.39. The Morgan fingerprint density at radius 3 is 2.76 bits per heavy atom. The molecule has 4 nitrogen and oxygen atoms in total. The number of ether oxygens (including phenoxy) is 3. The third-order valence-corrected chi connectivity index (χ3v) is 4.06. The van der Waals surface area contributed by atoms with Gasteiger partial charge >= 0.3 is 0 Å². The van der Waals surface area contributed by atoms with E-state index >= 15 is 0 Å². The van der Waals surface area contributed by atoms with Crippen molar-refractivity contribution < 1.29 is 19.0 Å². The van der Waals surface area contributed by atoms with Gasteiger partial charge in [0.05, 0.1) is 6.10 Å². The van der Waals surface area contributed by atoms with Crippen molar-refractivity contribution in [1.82, 2.24) is 0 Å². The standard InChI is InChI=1S/C17H22O4/c1-2-20-17(8-10-19-11-9-17)16(18)13-4-3-5-15(12-13)21-14-6-7-14/h3-5,12,14H,2,6-11H2,1H3. The highest BCUT2D eigenvalue weighted by molar-refractivity contribution is 6.02. The molecule has 1 aromatic carbocycles. The lowest BCUT2D eigenvalue weighted by atomic mass is 9.85. The Morgan fingerprint density at radius 1 is 1.33 bits per heavy atom. The molecule has 2 fully saturated rings. The summed E-state index contributed by atoms with van der Waals surface area (Å²) >= 11 is 0. The Morgan fingerprint density at radius 2 is 2.10 bits per heavy atom. The third kappa shape index (κ3) is 3.27. The average molecular weight is 290 g/mol. The molecule has 0 amide bonds. The van der Waals surface area contributed by atoms with Gasteiger partial charge in [0.25, 0.3) is 0 Å². The largest absolute Gasteiger partial charge is 0.490 e. The minimum atomic E-state index is -0.731. The number of rotatable bonds is 6. The molecule has 21 heavy (non-hydrogen) atoms. The van der Waals surface area contributed by atoms with Crippen molar-refractivity contribution in [2.75, 3.05) is 19.8 Å². The lowest BCUT2D eigenvalue weighted by molar-refractivity contribution is -0.0822. The molecule has 1 aliphatic carbocycles. The number of Topliss-reactive ketones (excluding diaryl/α,β-unsaturated/α-hetero) is 1. The summed E-state index contributed by atoms with van der Waals surface area (Å²) in [6.45, 7) is 3.61. The van der Waals surface area contributed by atoms with E-state index in [1.807, 2.05) is 31.2 Å². The first-order valence-electron chi connectivity index (χ1n) is 7.77. The second-order valence-corrected chi connectivity index (χ2v) is 5.71. The number of benzene rings is 1. The van der Waals surface area contributed by atoms with Gasteiger partial charge < -0.3 is 14.2 Å². The van der Waals surface area contributed by atoms with E-state index in [9.17, 15) is 4.79 Å². The summed E-state index contributed by atoms with van der Waals surface area (Å²) in [5, 5.41) is 0. The van der Waals surface area contributed by atoms with Gasteiger partial charge in [0.1, 0.15) is 11.4 Å². The normalized spacial score (nSPS) is 21.0. The number of ketones is 1. The molecule has 1 saturated heterocycles. The van der Waals surface area contributed by atoms with Crippen molar-refractivity contribution in [3.63, 3.8) is 0 Å². The van der Waals surface area contributed by atoms with Crippen molar-refractivity contribution in [3.05, 3.63) is 29.8 Å². The summed E-state index contributed by atoms with van der Waals surface area (Å²) < 4.78 is 17.0. The fourth-order valence-corrected chi connectivity index (χ4v) is 2.77. The first kappa shape index (κ1) is 14.5. The van der Waals surface area contributed by atoms with Crippen LogP contribution in [0.4, 0.5) is 0 Å². The molecule has 0 aromatic heterocycles. The number of carbonyl (C=O) groups excluding carboxylic acids is 1. The maximum atomic E-state index is 12.9. The van der Waals surface area contributed by atoms with Crippen LogP contribution in [0.5, 0.6) is 5.75 Å². The summed E-state index contributed by atoms with van der Waals surface area (Å²) in [6, 6.07) is 7.48. The topological polar surface area (TPSA) is 44.8 Å². The summed E-state index contributed by atoms with van der Waals surface area (Å²) in [6.07, 6.45) is 3.79. The van der Waals surface area contributed by atoms with Crippen molar-refractivity contribution in [1.29, 1.82) is 0 Å². The smallest absolute Gasteiger partial charge is 0.194 e. The fraction of sp³-hybridized carbons (Fsp3) is 0.588. The molecule has 0 unspecified atom stereocenters. The van der Waals surface area contributed by atoms with Gasteiger partial charge in [-0.1, -0.05) is 12.1 Å². The van der Waals surface area contributed by atoms with Crippen LogP contribution < -0.4 is 4.74 Å². The van der Waals surface area contributed by atoms with Crippen molar-refractivity contribution in [2.24, 2.45) is 0 Å². The molecule has 0 spiro atoms. The predicted molar refractivity (Wildman–Crippen MR) is 78.8 cm³/mol. The van der Waals surface area contributed by atoms with E-state index in [1.165, 1.54) is 0 Å². The molecule has 0 N–H and O–H groups in total. The van der Waals surface area contributed by atoms with E-state index in [0.29, 0.717) is 44.3 Å². The SMILES string of the molecule is CCOC1(C(=O)c2cccc(OC3CC3)c2)CCOCC1. The first-order chi connectivity index (χ1) is 10.2. The summed E-state index contributed by atoms with van der Waals surface area (Å²) in [7, 11) is 0. The number of hydrogen-bond donors (Lipinski definition) is 0. The second kappa shape index (κ2) is 6.16. The summed E-state index contributed by atoms with van der Waals surface area (Å²) in [4.78, 5) is 12.9. The van der Waals surface area contributed by atoms with Crippen LogP contribution in [0, 0.1) is 0 Å². The lowest BCUT2D eigenvalue weighted by Gasteiger charge is -2.35. The van der Waals surface area contributed by atoms with Gasteiger partial charge in [-0.2, -0.15) is 0 Å². The highest BCUT2D eigenvalue weighted by Crippen LogP contribution is 2.32. The fourth-order valence-electron chi connectivity index (χ4n) is 2.77. The van der Waals surface area contributed by atoms with Crippen LogP contribution in [-0.4, -0.2) is 37.3 Å². The van der Waals surface area contributed by atoms with Gasteiger partial charge in [0.15, 0.2) is 5.78 Å². The van der Waals surface area contributed by atoms with E-state index in [1.54, 1.807) is 0 Å². The molecule has 0 bridgehead atoms. The van der Waals surface area contributed by atoms with E-state index in [2.05, 4.69) is 0 Å². The van der Waals surface area contributed by atoms with Crippen molar-refractivity contribution in [2.45, 2.75) is 44.3 Å². The molecule has 1 aromatic rings. The maximum absolute atomic E-state index is 12.9. The van der Waals surface area contributed by atoms with Gasteiger partial charge in [0.2, 0.25) is 0 Å². The number of carbonyl (C=O) groups is 1. The quantitative estimate of drug-likeness (QED) is 0.756.